The average Bonchev–Trinajstić information content (AvgIpc) is 3.26. The largest absolute Gasteiger partial charge is 0.383 e. The molecular weight excluding hydrogens is 442 g/mol. The Balaban J connectivity index is 1.78. The van der Waals surface area contributed by atoms with E-state index in [1.54, 1.807) is 16.7 Å². The molecule has 2 amide bonds. The lowest BCUT2D eigenvalue weighted by atomic mass is 9.98. The number of carbonyl (C=O) groups is 2. The Kier molecular flexibility index (Phi) is 7.52. The van der Waals surface area contributed by atoms with Crippen molar-refractivity contribution in [2.75, 3.05) is 25.2 Å². The summed E-state index contributed by atoms with van der Waals surface area (Å²) in [5, 5.41) is 11.3. The number of hydrogen-bond acceptors (Lipinski definition) is 5. The molecule has 8 heteroatoms. The summed E-state index contributed by atoms with van der Waals surface area (Å²) in [6, 6.07) is 21.8. The minimum Gasteiger partial charge on any atom is -0.383 e. The van der Waals surface area contributed by atoms with Crippen LogP contribution < -0.4 is 10.2 Å². The molecule has 0 saturated carbocycles. The SMILES string of the molecule is COCCNC(=O)C(c1ccccc1C)N(C(=O)Cn1nnc2ccccc21)c1ccc(C)cc1. The lowest BCUT2D eigenvalue weighted by Gasteiger charge is -2.32. The van der Waals surface area contributed by atoms with Gasteiger partial charge in [-0.2, -0.15) is 0 Å². The van der Waals surface area contributed by atoms with E-state index < -0.39 is 6.04 Å². The molecule has 0 aliphatic heterocycles. The molecule has 4 aromatic rings. The van der Waals surface area contributed by atoms with E-state index in [1.165, 1.54) is 0 Å². The van der Waals surface area contributed by atoms with Gasteiger partial charge in [-0.1, -0.05) is 59.3 Å². The molecule has 0 fully saturated rings. The first-order chi connectivity index (χ1) is 17.0. The van der Waals surface area contributed by atoms with Crippen LogP contribution in [0.5, 0.6) is 0 Å². The average molecular weight is 472 g/mol. The molecule has 8 nitrogen and oxygen atoms in total. The molecule has 4 rings (SSSR count). The Hall–Kier alpha value is -4.04. The highest BCUT2D eigenvalue weighted by atomic mass is 16.5. The molecule has 180 valence electrons. The molecule has 0 aliphatic carbocycles. The van der Waals surface area contributed by atoms with Crippen LogP contribution in [0.3, 0.4) is 0 Å². The van der Waals surface area contributed by atoms with Gasteiger partial charge in [0.1, 0.15) is 18.1 Å². The molecular formula is C27H29N5O3. The van der Waals surface area contributed by atoms with Crippen molar-refractivity contribution in [3.63, 3.8) is 0 Å². The first kappa shape index (κ1) is 24.1. The molecule has 1 N–H and O–H groups in total. The number of nitrogens with one attached hydrogen (secondary N) is 1. The monoisotopic (exact) mass is 471 g/mol. The van der Waals surface area contributed by atoms with Gasteiger partial charge in [-0.05, 0) is 49.2 Å². The molecule has 0 saturated heterocycles. The minimum absolute atomic E-state index is 0.0673. The van der Waals surface area contributed by atoms with E-state index in [-0.39, 0.29) is 18.4 Å². The second-order valence-corrected chi connectivity index (χ2v) is 8.38. The summed E-state index contributed by atoms with van der Waals surface area (Å²) in [5.74, 6) is -0.562. The number of ether oxygens (including phenoxy) is 1. The maximum atomic E-state index is 13.9. The van der Waals surface area contributed by atoms with Crippen molar-refractivity contribution in [3.05, 3.63) is 89.5 Å². The van der Waals surface area contributed by atoms with Crippen molar-refractivity contribution < 1.29 is 14.3 Å². The van der Waals surface area contributed by atoms with E-state index in [0.29, 0.717) is 24.4 Å². The summed E-state index contributed by atoms with van der Waals surface area (Å²) in [7, 11) is 1.58. The van der Waals surface area contributed by atoms with E-state index in [4.69, 9.17) is 4.74 Å². The maximum Gasteiger partial charge on any atom is 0.249 e. The topological polar surface area (TPSA) is 89.4 Å². The van der Waals surface area contributed by atoms with Gasteiger partial charge in [-0.25, -0.2) is 4.68 Å². The van der Waals surface area contributed by atoms with Crippen molar-refractivity contribution in [2.45, 2.75) is 26.4 Å². The number of rotatable bonds is 9. The van der Waals surface area contributed by atoms with Crippen LogP contribution in [0.4, 0.5) is 5.69 Å². The van der Waals surface area contributed by atoms with E-state index in [1.807, 2.05) is 86.6 Å². The number of anilines is 1. The summed E-state index contributed by atoms with van der Waals surface area (Å²) in [6.07, 6.45) is 0. The molecule has 0 bridgehead atoms. The minimum atomic E-state index is -0.877. The number of carbonyl (C=O) groups excluding carboxylic acids is 2. The fraction of sp³-hybridized carbons (Fsp3) is 0.259. The van der Waals surface area contributed by atoms with Gasteiger partial charge in [0, 0.05) is 19.3 Å². The van der Waals surface area contributed by atoms with Gasteiger partial charge in [0.05, 0.1) is 12.1 Å². The Labute approximate surface area is 204 Å². The zero-order valence-corrected chi connectivity index (χ0v) is 20.1. The molecule has 0 spiro atoms. The first-order valence-electron chi connectivity index (χ1n) is 11.5. The summed E-state index contributed by atoms with van der Waals surface area (Å²) < 4.78 is 6.67. The van der Waals surface area contributed by atoms with Crippen molar-refractivity contribution >= 4 is 28.5 Å². The number of amides is 2. The number of nitrogens with zero attached hydrogens (tertiary/aromatic N) is 4. The lowest BCUT2D eigenvalue weighted by molar-refractivity contribution is -0.127. The number of benzene rings is 3. The summed E-state index contributed by atoms with van der Waals surface area (Å²) in [5.41, 5.74) is 4.80. The number of para-hydroxylation sites is 1. The van der Waals surface area contributed by atoms with Crippen LogP contribution in [0.2, 0.25) is 0 Å². The molecule has 1 heterocycles. The molecule has 0 aliphatic rings. The number of methoxy groups -OCH3 is 1. The van der Waals surface area contributed by atoms with Crippen LogP contribution in [0.1, 0.15) is 22.7 Å². The molecule has 1 aromatic heterocycles. The van der Waals surface area contributed by atoms with Gasteiger partial charge in [0.25, 0.3) is 0 Å². The van der Waals surface area contributed by atoms with Crippen molar-refractivity contribution in [2.24, 2.45) is 0 Å². The fourth-order valence-electron chi connectivity index (χ4n) is 4.04. The highest BCUT2D eigenvalue weighted by Gasteiger charge is 2.34. The molecule has 35 heavy (non-hydrogen) atoms. The fourth-order valence-corrected chi connectivity index (χ4v) is 4.04. The van der Waals surface area contributed by atoms with Crippen LogP contribution in [0.25, 0.3) is 11.0 Å². The third-order valence-electron chi connectivity index (χ3n) is 5.88. The van der Waals surface area contributed by atoms with Gasteiger partial charge < -0.3 is 10.1 Å². The Bertz CT molecular complexity index is 1320. The van der Waals surface area contributed by atoms with Gasteiger partial charge in [0.15, 0.2) is 0 Å². The third-order valence-corrected chi connectivity index (χ3v) is 5.88. The summed E-state index contributed by atoms with van der Waals surface area (Å²) >= 11 is 0. The van der Waals surface area contributed by atoms with E-state index in [0.717, 1.165) is 22.2 Å². The van der Waals surface area contributed by atoms with Crippen LogP contribution >= 0.6 is 0 Å². The smallest absolute Gasteiger partial charge is 0.249 e. The standard InChI is InChI=1S/C27H29N5O3/c1-19-12-14-21(15-13-19)32(25(33)18-31-24-11-7-6-10-23(24)29-30-31)26(27(34)28-16-17-35-3)22-9-5-4-8-20(22)2/h4-15,26H,16-18H2,1-3H3,(H,28,34). The first-order valence-corrected chi connectivity index (χ1v) is 11.5. The van der Waals surface area contributed by atoms with Gasteiger partial charge in [0.2, 0.25) is 11.8 Å². The lowest BCUT2D eigenvalue weighted by Crippen LogP contribution is -2.46. The number of fused-ring (bicyclic) bond motifs is 1. The normalized spacial score (nSPS) is 11.9. The van der Waals surface area contributed by atoms with Crippen LogP contribution in [-0.2, 0) is 20.9 Å². The molecule has 1 atom stereocenters. The van der Waals surface area contributed by atoms with Crippen molar-refractivity contribution in [1.82, 2.24) is 20.3 Å². The molecule has 0 radical (unpaired) electrons. The number of hydrogen-bond donors (Lipinski definition) is 1. The molecule has 3 aromatic carbocycles. The van der Waals surface area contributed by atoms with E-state index in [9.17, 15) is 9.59 Å². The van der Waals surface area contributed by atoms with E-state index in [2.05, 4.69) is 15.6 Å². The number of aromatic nitrogens is 3. The predicted molar refractivity (Wildman–Crippen MR) is 135 cm³/mol. The van der Waals surface area contributed by atoms with Gasteiger partial charge >= 0.3 is 0 Å². The van der Waals surface area contributed by atoms with Gasteiger partial charge in [-0.3, -0.25) is 14.5 Å². The van der Waals surface area contributed by atoms with Crippen molar-refractivity contribution in [1.29, 1.82) is 0 Å². The number of aryl methyl sites for hydroxylation is 2. The summed E-state index contributed by atoms with van der Waals surface area (Å²) in [6.45, 7) is 4.56. The zero-order valence-electron chi connectivity index (χ0n) is 20.1. The van der Waals surface area contributed by atoms with Crippen LogP contribution in [-0.4, -0.2) is 47.1 Å². The summed E-state index contributed by atoms with van der Waals surface area (Å²) in [4.78, 5) is 29.1. The predicted octanol–water partition coefficient (Wildman–Crippen LogP) is 3.59. The maximum absolute atomic E-state index is 13.9. The zero-order chi connectivity index (χ0) is 24.8. The van der Waals surface area contributed by atoms with Gasteiger partial charge in [-0.15, -0.1) is 5.10 Å². The van der Waals surface area contributed by atoms with E-state index >= 15 is 0 Å². The Morgan fingerprint density at radius 1 is 1.00 bits per heavy atom. The van der Waals surface area contributed by atoms with Crippen molar-refractivity contribution in [3.8, 4) is 0 Å². The Morgan fingerprint density at radius 3 is 2.46 bits per heavy atom. The third kappa shape index (κ3) is 5.38. The Morgan fingerprint density at radius 2 is 1.71 bits per heavy atom. The highest BCUT2D eigenvalue weighted by molar-refractivity contribution is 6.01. The second kappa shape index (κ2) is 10.9. The van der Waals surface area contributed by atoms with Crippen LogP contribution in [0.15, 0.2) is 72.8 Å². The highest BCUT2D eigenvalue weighted by Crippen LogP contribution is 2.30. The van der Waals surface area contributed by atoms with Crippen LogP contribution in [0, 0.1) is 13.8 Å². The second-order valence-electron chi connectivity index (χ2n) is 8.38. The molecule has 1 unspecified atom stereocenters. The quantitative estimate of drug-likeness (QED) is 0.377.